The van der Waals surface area contributed by atoms with E-state index in [1.54, 1.807) is 11.3 Å². The van der Waals surface area contributed by atoms with Gasteiger partial charge in [-0.15, -0.1) is 11.3 Å². The van der Waals surface area contributed by atoms with Crippen LogP contribution < -0.4 is 10.6 Å². The number of nitrogens with one attached hydrogen (secondary N) is 2. The van der Waals surface area contributed by atoms with Gasteiger partial charge in [-0.2, -0.15) is 0 Å². The van der Waals surface area contributed by atoms with Crippen molar-refractivity contribution in [2.24, 2.45) is 5.41 Å². The van der Waals surface area contributed by atoms with Crippen molar-refractivity contribution in [2.45, 2.75) is 19.3 Å². The van der Waals surface area contributed by atoms with Crippen LogP contribution in [0, 0.1) is 5.41 Å². The van der Waals surface area contributed by atoms with E-state index in [0.29, 0.717) is 18.5 Å². The Balaban J connectivity index is 1.60. The molecule has 0 radical (unpaired) electrons. The van der Waals surface area contributed by atoms with Crippen LogP contribution in [-0.2, 0) is 4.79 Å². The predicted octanol–water partition coefficient (Wildman–Crippen LogP) is 3.28. The Hall–Kier alpha value is -2.08. The molecule has 0 aliphatic heterocycles. The molecule has 0 unspecified atom stereocenters. The average molecular weight is 304 g/mol. The summed E-state index contributed by atoms with van der Waals surface area (Å²) in [5.74, 6) is -0.825. The van der Waals surface area contributed by atoms with Gasteiger partial charge in [0.15, 0.2) is 0 Å². The van der Waals surface area contributed by atoms with Crippen molar-refractivity contribution in [2.75, 3.05) is 11.9 Å². The second-order valence-electron chi connectivity index (χ2n) is 5.42. The average Bonchev–Trinajstić information content (AvgIpc) is 2.84. The second-order valence-corrected chi connectivity index (χ2v) is 6.37. The van der Waals surface area contributed by atoms with E-state index >= 15 is 0 Å². The number of aliphatic carboxylic acids is 1. The molecule has 1 aromatic carbocycles. The summed E-state index contributed by atoms with van der Waals surface area (Å²) in [5, 5.41) is 17.7. The predicted molar refractivity (Wildman–Crippen MR) is 82.8 cm³/mol. The zero-order valence-electron chi connectivity index (χ0n) is 11.4. The van der Waals surface area contributed by atoms with Gasteiger partial charge in [-0.1, -0.05) is 6.42 Å². The van der Waals surface area contributed by atoms with Crippen LogP contribution in [0.5, 0.6) is 0 Å². The first-order chi connectivity index (χ1) is 10.1. The Bertz CT molecular complexity index is 691. The molecule has 6 heteroatoms. The number of amides is 2. The number of rotatable bonds is 4. The first kappa shape index (κ1) is 13.9. The summed E-state index contributed by atoms with van der Waals surface area (Å²) in [7, 11) is 0. The van der Waals surface area contributed by atoms with Crippen LogP contribution in [0.25, 0.3) is 10.1 Å². The highest BCUT2D eigenvalue weighted by atomic mass is 32.1. The van der Waals surface area contributed by atoms with Gasteiger partial charge in [0.2, 0.25) is 0 Å². The summed E-state index contributed by atoms with van der Waals surface area (Å²) in [5.41, 5.74) is -0.0642. The lowest BCUT2D eigenvalue weighted by molar-refractivity contribution is -0.153. The summed E-state index contributed by atoms with van der Waals surface area (Å²) < 4.78 is 1.17. The van der Waals surface area contributed by atoms with E-state index in [-0.39, 0.29) is 12.6 Å². The summed E-state index contributed by atoms with van der Waals surface area (Å²) in [4.78, 5) is 23.1. The second kappa shape index (κ2) is 5.37. The number of thiophene rings is 1. The van der Waals surface area contributed by atoms with Crippen LogP contribution in [0.4, 0.5) is 10.5 Å². The molecule has 1 aromatic heterocycles. The van der Waals surface area contributed by atoms with Crippen LogP contribution in [0.15, 0.2) is 29.6 Å². The Morgan fingerprint density at radius 3 is 2.76 bits per heavy atom. The van der Waals surface area contributed by atoms with Crippen LogP contribution in [0.3, 0.4) is 0 Å². The quantitative estimate of drug-likeness (QED) is 0.811. The number of fused-ring (bicyclic) bond motifs is 1. The smallest absolute Gasteiger partial charge is 0.319 e. The zero-order valence-corrected chi connectivity index (χ0v) is 12.2. The Labute approximate surface area is 126 Å². The van der Waals surface area contributed by atoms with Crippen molar-refractivity contribution in [1.29, 1.82) is 0 Å². The van der Waals surface area contributed by atoms with E-state index < -0.39 is 11.4 Å². The molecule has 2 amide bonds. The van der Waals surface area contributed by atoms with Gasteiger partial charge in [-0.05, 0) is 47.9 Å². The van der Waals surface area contributed by atoms with Crippen molar-refractivity contribution >= 4 is 39.1 Å². The van der Waals surface area contributed by atoms with Crippen LogP contribution >= 0.6 is 11.3 Å². The molecule has 3 rings (SSSR count). The summed E-state index contributed by atoms with van der Waals surface area (Å²) >= 11 is 1.65. The molecule has 1 fully saturated rings. The first-order valence-electron chi connectivity index (χ1n) is 6.85. The number of urea groups is 1. The maximum absolute atomic E-state index is 11.9. The molecule has 3 N–H and O–H groups in total. The first-order valence-corrected chi connectivity index (χ1v) is 7.73. The number of carboxylic acids is 1. The van der Waals surface area contributed by atoms with Crippen molar-refractivity contribution in [3.8, 4) is 0 Å². The number of hydrogen-bond acceptors (Lipinski definition) is 3. The van der Waals surface area contributed by atoms with Crippen molar-refractivity contribution in [3.63, 3.8) is 0 Å². The summed E-state index contributed by atoms with van der Waals surface area (Å²) in [6.07, 6.45) is 2.16. The molecule has 0 spiro atoms. The molecule has 110 valence electrons. The minimum absolute atomic E-state index is 0.175. The molecule has 1 aliphatic carbocycles. The van der Waals surface area contributed by atoms with Gasteiger partial charge >= 0.3 is 12.0 Å². The standard InChI is InChI=1S/C15H16N2O3S/c18-13(19)15(5-1-6-15)9-16-14(20)17-11-2-3-12-10(8-11)4-7-21-12/h2-4,7-8H,1,5-6,9H2,(H,18,19)(H2,16,17,20). The fourth-order valence-corrected chi connectivity index (χ4v) is 3.31. The third-order valence-corrected chi connectivity index (χ3v) is 4.96. The van der Waals surface area contributed by atoms with Crippen LogP contribution in [0.1, 0.15) is 19.3 Å². The van der Waals surface area contributed by atoms with Gasteiger partial charge in [0.05, 0.1) is 5.41 Å². The van der Waals surface area contributed by atoms with Crippen molar-refractivity contribution in [3.05, 3.63) is 29.6 Å². The summed E-state index contributed by atoms with van der Waals surface area (Å²) in [6, 6.07) is 7.34. The normalized spacial score (nSPS) is 16.2. The number of carboxylic acid groups (broad SMARTS) is 1. The highest BCUT2D eigenvalue weighted by Gasteiger charge is 2.44. The van der Waals surface area contributed by atoms with E-state index in [1.807, 2.05) is 29.6 Å². The molecule has 1 heterocycles. The van der Waals surface area contributed by atoms with Gasteiger partial charge in [0.25, 0.3) is 0 Å². The van der Waals surface area contributed by atoms with Crippen LogP contribution in [0.2, 0.25) is 0 Å². The molecule has 2 aromatic rings. The van der Waals surface area contributed by atoms with E-state index in [1.165, 1.54) is 4.70 Å². The number of carbonyl (C=O) groups is 2. The number of anilines is 1. The van der Waals surface area contributed by atoms with Gasteiger partial charge in [0, 0.05) is 16.9 Å². The lowest BCUT2D eigenvalue weighted by Crippen LogP contribution is -2.48. The molecule has 5 nitrogen and oxygen atoms in total. The Kier molecular flexibility index (Phi) is 3.55. The fourth-order valence-electron chi connectivity index (χ4n) is 2.54. The van der Waals surface area contributed by atoms with Gasteiger partial charge in [-0.25, -0.2) is 4.79 Å². The summed E-state index contributed by atoms with van der Waals surface area (Å²) in [6.45, 7) is 0.175. The topological polar surface area (TPSA) is 78.4 Å². The molecule has 0 saturated heterocycles. The fraction of sp³-hybridized carbons (Fsp3) is 0.333. The molecule has 21 heavy (non-hydrogen) atoms. The molecule has 0 atom stereocenters. The minimum atomic E-state index is -0.825. The Morgan fingerprint density at radius 2 is 2.10 bits per heavy atom. The maximum atomic E-state index is 11.9. The minimum Gasteiger partial charge on any atom is -0.481 e. The Morgan fingerprint density at radius 1 is 1.29 bits per heavy atom. The largest absolute Gasteiger partial charge is 0.481 e. The van der Waals surface area contributed by atoms with E-state index in [4.69, 9.17) is 0 Å². The van der Waals surface area contributed by atoms with Crippen molar-refractivity contribution in [1.82, 2.24) is 5.32 Å². The third kappa shape index (κ3) is 2.71. The molecular formula is C15H16N2O3S. The molecule has 0 bridgehead atoms. The highest BCUT2D eigenvalue weighted by molar-refractivity contribution is 7.17. The van der Waals surface area contributed by atoms with Crippen molar-refractivity contribution < 1.29 is 14.7 Å². The maximum Gasteiger partial charge on any atom is 0.319 e. The molecule has 1 aliphatic rings. The third-order valence-electron chi connectivity index (χ3n) is 4.06. The monoisotopic (exact) mass is 304 g/mol. The van der Waals surface area contributed by atoms with Gasteiger partial charge < -0.3 is 15.7 Å². The number of hydrogen-bond donors (Lipinski definition) is 3. The molecular weight excluding hydrogens is 288 g/mol. The SMILES string of the molecule is O=C(NCC1(C(=O)O)CCC1)Nc1ccc2sccc2c1. The highest BCUT2D eigenvalue weighted by Crippen LogP contribution is 2.40. The number of benzene rings is 1. The van der Waals surface area contributed by atoms with Gasteiger partial charge in [-0.3, -0.25) is 4.79 Å². The van der Waals surface area contributed by atoms with Crippen LogP contribution in [-0.4, -0.2) is 23.7 Å². The lowest BCUT2D eigenvalue weighted by atomic mass is 9.69. The van der Waals surface area contributed by atoms with E-state index in [9.17, 15) is 14.7 Å². The van der Waals surface area contributed by atoms with Gasteiger partial charge in [0.1, 0.15) is 0 Å². The number of carbonyl (C=O) groups excluding carboxylic acids is 1. The lowest BCUT2D eigenvalue weighted by Gasteiger charge is -2.37. The zero-order chi connectivity index (χ0) is 14.9. The molecule has 1 saturated carbocycles. The van der Waals surface area contributed by atoms with E-state index in [0.717, 1.165) is 11.8 Å². The van der Waals surface area contributed by atoms with E-state index in [2.05, 4.69) is 10.6 Å².